The molecule has 3 rings (SSSR count). The third-order valence-corrected chi connectivity index (χ3v) is 6.03. The van der Waals surface area contributed by atoms with Gasteiger partial charge in [-0.3, -0.25) is 4.40 Å². The van der Waals surface area contributed by atoms with Crippen molar-refractivity contribution in [1.29, 1.82) is 0 Å². The molecule has 3 aromatic rings. The average Bonchev–Trinajstić information content (AvgIpc) is 2.90. The second-order valence-electron chi connectivity index (χ2n) is 6.61. The van der Waals surface area contributed by atoms with Gasteiger partial charge in [-0.25, -0.2) is 18.1 Å². The fourth-order valence-electron chi connectivity index (χ4n) is 2.96. The summed E-state index contributed by atoms with van der Waals surface area (Å²) in [5, 5.41) is -0.125. The van der Waals surface area contributed by atoms with Crippen molar-refractivity contribution in [2.45, 2.75) is 30.8 Å². The summed E-state index contributed by atoms with van der Waals surface area (Å²) in [6.45, 7) is 3.63. The van der Waals surface area contributed by atoms with Crippen molar-refractivity contribution in [1.82, 2.24) is 14.1 Å². The lowest BCUT2D eigenvalue weighted by Crippen LogP contribution is -2.45. The van der Waals surface area contributed by atoms with E-state index in [1.165, 1.54) is 4.40 Å². The number of nitrogens with zero attached hydrogens (tertiary/aromatic N) is 2. The van der Waals surface area contributed by atoms with Gasteiger partial charge >= 0.3 is 0 Å². The van der Waals surface area contributed by atoms with Crippen LogP contribution in [-0.4, -0.2) is 30.5 Å². The Balaban J connectivity index is 1.94. The minimum atomic E-state index is -3.89. The molecule has 0 aliphatic rings. The van der Waals surface area contributed by atoms with E-state index in [0.717, 1.165) is 5.56 Å². The molecule has 0 amide bonds. The number of pyridine rings is 1. The molecule has 0 saturated carbocycles. The van der Waals surface area contributed by atoms with Crippen molar-refractivity contribution < 1.29 is 13.2 Å². The van der Waals surface area contributed by atoms with Crippen LogP contribution in [0.1, 0.15) is 19.4 Å². The Morgan fingerprint density at radius 3 is 2.62 bits per heavy atom. The van der Waals surface area contributed by atoms with Crippen molar-refractivity contribution >= 4 is 27.3 Å². The Bertz CT molecular complexity index is 1040. The number of hydrogen-bond acceptors (Lipinski definition) is 4. The molecule has 0 unspecified atom stereocenters. The number of nitrogens with one attached hydrogen (secondary N) is 1. The number of ether oxygens (including phenoxy) is 1. The first-order valence-electron chi connectivity index (χ1n) is 8.02. The molecule has 0 aliphatic carbocycles. The first kappa shape index (κ1) is 18.7. The van der Waals surface area contributed by atoms with Crippen LogP contribution >= 0.6 is 11.6 Å². The zero-order valence-corrected chi connectivity index (χ0v) is 16.3. The normalized spacial score (nSPS) is 12.5. The lowest BCUT2D eigenvalue weighted by atomic mass is 9.96. The highest BCUT2D eigenvalue weighted by Gasteiger charge is 2.31. The number of methoxy groups -OCH3 is 1. The summed E-state index contributed by atoms with van der Waals surface area (Å²) in [6, 6.07) is 12.7. The Morgan fingerprint density at radius 2 is 1.88 bits per heavy atom. The number of halogens is 1. The molecule has 26 heavy (non-hydrogen) atoms. The lowest BCUT2D eigenvalue weighted by Gasteiger charge is -2.26. The smallest absolute Gasteiger partial charge is 0.260 e. The van der Waals surface area contributed by atoms with Gasteiger partial charge in [0.2, 0.25) is 0 Å². The fraction of sp³-hybridized carbons (Fsp3) is 0.278. The summed E-state index contributed by atoms with van der Waals surface area (Å²) in [6.07, 6.45) is 2.07. The molecule has 1 aromatic carbocycles. The topological polar surface area (TPSA) is 72.7 Å². The summed E-state index contributed by atoms with van der Waals surface area (Å²) in [7, 11) is -2.30. The maximum atomic E-state index is 13.0. The number of rotatable bonds is 6. The Kier molecular flexibility index (Phi) is 4.96. The Hall–Kier alpha value is -2.09. The highest BCUT2D eigenvalue weighted by molar-refractivity contribution is 7.89. The SMILES string of the molecule is COc1ccccc1CC(C)(C)NS(=O)(=O)c1c(Cl)nc2ccccn12. The third-order valence-electron chi connectivity index (χ3n) is 3.94. The standard InChI is InChI=1S/C18H20ClN3O3S/c1-18(2,12-13-8-4-5-9-14(13)25-3)21-26(23,24)17-16(19)20-15-10-6-7-11-22(15)17/h4-11,21H,12H2,1-3H3. The number of imidazole rings is 1. The van der Waals surface area contributed by atoms with Gasteiger partial charge in [-0.15, -0.1) is 0 Å². The van der Waals surface area contributed by atoms with E-state index in [0.29, 0.717) is 17.8 Å². The molecule has 6 nitrogen and oxygen atoms in total. The van der Waals surface area contributed by atoms with Gasteiger partial charge in [-0.05, 0) is 44.0 Å². The van der Waals surface area contributed by atoms with Crippen LogP contribution in [0.4, 0.5) is 0 Å². The van der Waals surface area contributed by atoms with Crippen molar-refractivity contribution in [2.24, 2.45) is 0 Å². The van der Waals surface area contributed by atoms with E-state index >= 15 is 0 Å². The summed E-state index contributed by atoms with van der Waals surface area (Å²) >= 11 is 6.12. The second kappa shape index (κ2) is 6.90. The van der Waals surface area contributed by atoms with E-state index in [-0.39, 0.29) is 10.2 Å². The first-order chi connectivity index (χ1) is 12.2. The van der Waals surface area contributed by atoms with E-state index in [1.54, 1.807) is 31.5 Å². The van der Waals surface area contributed by atoms with Gasteiger partial charge < -0.3 is 4.74 Å². The van der Waals surface area contributed by atoms with Crippen LogP contribution in [0.3, 0.4) is 0 Å². The van der Waals surface area contributed by atoms with Gasteiger partial charge in [0.1, 0.15) is 11.4 Å². The first-order valence-corrected chi connectivity index (χ1v) is 9.88. The number of para-hydroxylation sites is 1. The monoisotopic (exact) mass is 393 g/mol. The number of aromatic nitrogens is 2. The molecule has 0 aliphatic heterocycles. The zero-order chi connectivity index (χ0) is 18.9. The Morgan fingerprint density at radius 1 is 1.19 bits per heavy atom. The number of sulfonamides is 1. The minimum Gasteiger partial charge on any atom is -0.496 e. The van der Waals surface area contributed by atoms with E-state index in [1.807, 2.05) is 38.1 Å². The number of benzene rings is 1. The van der Waals surface area contributed by atoms with Crippen LogP contribution in [0.25, 0.3) is 5.65 Å². The van der Waals surface area contributed by atoms with Crippen LogP contribution in [0, 0.1) is 0 Å². The molecule has 138 valence electrons. The summed E-state index contributed by atoms with van der Waals surface area (Å²) in [5.74, 6) is 0.715. The predicted molar refractivity (Wildman–Crippen MR) is 101 cm³/mol. The molecule has 0 spiro atoms. The van der Waals surface area contributed by atoms with Gasteiger partial charge in [0.15, 0.2) is 10.2 Å². The van der Waals surface area contributed by atoms with Crippen molar-refractivity contribution in [3.05, 3.63) is 59.4 Å². The number of hydrogen-bond donors (Lipinski definition) is 1. The quantitative estimate of drug-likeness (QED) is 0.697. The van der Waals surface area contributed by atoms with Crippen molar-refractivity contribution in [3.63, 3.8) is 0 Å². The highest BCUT2D eigenvalue weighted by Crippen LogP contribution is 2.27. The molecule has 2 heterocycles. The minimum absolute atomic E-state index is 0.0585. The molecule has 8 heteroatoms. The van der Waals surface area contributed by atoms with Crippen molar-refractivity contribution in [3.8, 4) is 5.75 Å². The van der Waals surface area contributed by atoms with Crippen LogP contribution in [0.15, 0.2) is 53.7 Å². The zero-order valence-electron chi connectivity index (χ0n) is 14.7. The molecule has 0 fully saturated rings. The van der Waals surface area contributed by atoms with E-state index in [4.69, 9.17) is 16.3 Å². The van der Waals surface area contributed by atoms with E-state index in [9.17, 15) is 8.42 Å². The molecular weight excluding hydrogens is 374 g/mol. The van der Waals surface area contributed by atoms with Crippen LogP contribution in [0.5, 0.6) is 5.75 Å². The van der Waals surface area contributed by atoms with E-state index in [2.05, 4.69) is 9.71 Å². The Labute approximate surface area is 157 Å². The molecular formula is C18H20ClN3O3S. The maximum Gasteiger partial charge on any atom is 0.260 e. The fourth-order valence-corrected chi connectivity index (χ4v) is 5.02. The van der Waals surface area contributed by atoms with Gasteiger partial charge in [0.05, 0.1) is 7.11 Å². The van der Waals surface area contributed by atoms with Crippen LogP contribution in [-0.2, 0) is 16.4 Å². The maximum absolute atomic E-state index is 13.0. The molecule has 1 N–H and O–H groups in total. The van der Waals surface area contributed by atoms with Crippen molar-refractivity contribution in [2.75, 3.05) is 7.11 Å². The lowest BCUT2D eigenvalue weighted by molar-refractivity contribution is 0.395. The van der Waals surface area contributed by atoms with Crippen LogP contribution < -0.4 is 9.46 Å². The summed E-state index contributed by atoms with van der Waals surface area (Å²) in [4.78, 5) is 4.11. The molecule has 2 aromatic heterocycles. The molecule has 0 radical (unpaired) electrons. The predicted octanol–water partition coefficient (Wildman–Crippen LogP) is 3.30. The molecule has 0 atom stereocenters. The molecule has 0 bridgehead atoms. The number of fused-ring (bicyclic) bond motifs is 1. The van der Waals surface area contributed by atoms with Gasteiger partial charge in [-0.1, -0.05) is 35.9 Å². The van der Waals surface area contributed by atoms with Gasteiger partial charge in [0.25, 0.3) is 10.0 Å². The summed E-state index contributed by atoms with van der Waals surface area (Å²) < 4.78 is 35.6. The third kappa shape index (κ3) is 3.70. The highest BCUT2D eigenvalue weighted by atomic mass is 35.5. The summed E-state index contributed by atoms with van der Waals surface area (Å²) in [5.41, 5.74) is 0.614. The van der Waals surface area contributed by atoms with Gasteiger partial charge in [-0.2, -0.15) is 0 Å². The average molecular weight is 394 g/mol. The van der Waals surface area contributed by atoms with Gasteiger partial charge in [0, 0.05) is 11.7 Å². The molecule has 0 saturated heterocycles. The second-order valence-corrected chi connectivity index (χ2v) is 8.57. The van der Waals surface area contributed by atoms with E-state index < -0.39 is 15.6 Å². The van der Waals surface area contributed by atoms with Crippen LogP contribution in [0.2, 0.25) is 5.15 Å². The largest absolute Gasteiger partial charge is 0.496 e.